The molecule has 0 radical (unpaired) electrons. The summed E-state index contributed by atoms with van der Waals surface area (Å²) in [5, 5.41) is 0. The van der Waals surface area contributed by atoms with Gasteiger partial charge in [0, 0.05) is 18.4 Å². The minimum absolute atomic E-state index is 0.264. The minimum Gasteiger partial charge on any atom is -0.347 e. The van der Waals surface area contributed by atoms with Crippen LogP contribution in [0.3, 0.4) is 0 Å². The number of benzene rings is 1. The molecule has 1 aromatic carbocycles. The van der Waals surface area contributed by atoms with Crippen LogP contribution in [0.2, 0.25) is 0 Å². The third-order valence-electron chi connectivity index (χ3n) is 7.75. The first-order valence-corrected chi connectivity index (χ1v) is 13.0. The molecule has 2 heterocycles. The van der Waals surface area contributed by atoms with Gasteiger partial charge in [-0.05, 0) is 32.1 Å². The third kappa shape index (κ3) is 6.31. The van der Waals surface area contributed by atoms with E-state index in [9.17, 15) is 0 Å². The molecule has 3 nitrogen and oxygen atoms in total. The molecular weight excluding hydrogens is 370 g/mol. The van der Waals surface area contributed by atoms with Gasteiger partial charge < -0.3 is 14.0 Å². The van der Waals surface area contributed by atoms with Gasteiger partial charge in [0.25, 0.3) is 0 Å². The van der Waals surface area contributed by atoms with Crippen LogP contribution in [0.4, 0.5) is 0 Å². The zero-order valence-electron chi connectivity index (χ0n) is 19.2. The molecule has 30 heavy (non-hydrogen) atoms. The monoisotopic (exact) mass is 414 g/mol. The van der Waals surface area contributed by atoms with E-state index < -0.39 is 0 Å². The lowest BCUT2D eigenvalue weighted by Gasteiger charge is -2.43. The lowest BCUT2D eigenvalue weighted by atomic mass is 9.97. The molecular formula is C27H44NO2+. The first kappa shape index (κ1) is 22.3. The normalized spacial score (nSPS) is 27.9. The highest BCUT2D eigenvalue weighted by Gasteiger charge is 2.44. The number of ether oxygens (including phenoxy) is 2. The smallest absolute Gasteiger partial charge is 0.169 e. The van der Waals surface area contributed by atoms with Gasteiger partial charge in [-0.25, -0.2) is 0 Å². The van der Waals surface area contributed by atoms with E-state index >= 15 is 0 Å². The van der Waals surface area contributed by atoms with Crippen LogP contribution in [0.25, 0.3) is 0 Å². The Bertz CT molecular complexity index is 599. The Morgan fingerprint density at radius 3 is 1.93 bits per heavy atom. The van der Waals surface area contributed by atoms with Crippen LogP contribution < -0.4 is 0 Å². The fraction of sp³-hybridized carbons (Fsp3) is 0.778. The average molecular weight is 415 g/mol. The Morgan fingerprint density at radius 2 is 1.30 bits per heavy atom. The molecule has 1 saturated carbocycles. The lowest BCUT2D eigenvalue weighted by Crippen LogP contribution is -2.55. The second kappa shape index (κ2) is 11.1. The maximum atomic E-state index is 6.82. The fourth-order valence-electron chi connectivity index (χ4n) is 6.11. The molecule has 3 aliphatic rings. The molecule has 4 rings (SSSR count). The number of piperidine rings is 1. The summed E-state index contributed by atoms with van der Waals surface area (Å²) in [5.74, 6) is -0.281. The second-order valence-electron chi connectivity index (χ2n) is 10.3. The molecule has 0 N–H and O–H groups in total. The number of hydrogen-bond donors (Lipinski definition) is 0. The number of quaternary nitrogens is 1. The van der Waals surface area contributed by atoms with Gasteiger partial charge in [0.1, 0.15) is 19.2 Å². The van der Waals surface area contributed by atoms with E-state index in [-0.39, 0.29) is 11.9 Å². The van der Waals surface area contributed by atoms with Crippen molar-refractivity contribution in [3.63, 3.8) is 0 Å². The van der Waals surface area contributed by atoms with Crippen LogP contribution in [0.1, 0.15) is 95.5 Å². The molecule has 1 unspecified atom stereocenters. The van der Waals surface area contributed by atoms with Crippen molar-refractivity contribution in [3.05, 3.63) is 35.9 Å². The number of nitrogens with zero attached hydrogens (tertiary/aromatic N) is 1. The summed E-state index contributed by atoms with van der Waals surface area (Å²) in [7, 11) is 0. The van der Waals surface area contributed by atoms with Gasteiger partial charge in [0.05, 0.1) is 19.7 Å². The van der Waals surface area contributed by atoms with Crippen molar-refractivity contribution in [1.82, 2.24) is 0 Å². The van der Waals surface area contributed by atoms with Crippen molar-refractivity contribution in [2.24, 2.45) is 0 Å². The summed E-state index contributed by atoms with van der Waals surface area (Å²) in [6.07, 6.45) is 18.8. The first-order chi connectivity index (χ1) is 14.8. The van der Waals surface area contributed by atoms with Crippen molar-refractivity contribution in [3.8, 4) is 0 Å². The Morgan fingerprint density at radius 1 is 0.733 bits per heavy atom. The Hall–Kier alpha value is -0.900. The van der Waals surface area contributed by atoms with Gasteiger partial charge in [-0.15, -0.1) is 0 Å². The number of likely N-dealkylation sites (tertiary alicyclic amines) is 1. The van der Waals surface area contributed by atoms with E-state index in [1.807, 2.05) is 0 Å². The largest absolute Gasteiger partial charge is 0.347 e. The molecule has 0 aromatic heterocycles. The summed E-state index contributed by atoms with van der Waals surface area (Å²) < 4.78 is 14.5. The van der Waals surface area contributed by atoms with Gasteiger partial charge >= 0.3 is 0 Å². The minimum atomic E-state index is -0.281. The first-order valence-electron chi connectivity index (χ1n) is 13.0. The van der Waals surface area contributed by atoms with Crippen LogP contribution in [-0.2, 0) is 16.0 Å². The van der Waals surface area contributed by atoms with Crippen LogP contribution in [-0.4, -0.2) is 42.6 Å². The number of rotatable bonds is 4. The quantitative estimate of drug-likeness (QED) is 0.517. The molecule has 3 heteroatoms. The van der Waals surface area contributed by atoms with Crippen LogP contribution >= 0.6 is 0 Å². The van der Waals surface area contributed by atoms with Crippen molar-refractivity contribution in [2.45, 2.75) is 108 Å². The van der Waals surface area contributed by atoms with E-state index in [1.165, 1.54) is 100 Å². The molecule has 168 valence electrons. The summed E-state index contributed by atoms with van der Waals surface area (Å²) in [5.41, 5.74) is 1.47. The summed E-state index contributed by atoms with van der Waals surface area (Å²) >= 11 is 0. The molecule has 1 atom stereocenters. The highest BCUT2D eigenvalue weighted by atomic mass is 16.7. The van der Waals surface area contributed by atoms with E-state index in [0.717, 1.165) is 32.5 Å². The van der Waals surface area contributed by atoms with E-state index in [2.05, 4.69) is 30.3 Å². The van der Waals surface area contributed by atoms with Gasteiger partial charge in [0.2, 0.25) is 0 Å². The van der Waals surface area contributed by atoms with E-state index in [4.69, 9.17) is 9.47 Å². The predicted molar refractivity (Wildman–Crippen MR) is 123 cm³/mol. The van der Waals surface area contributed by atoms with Crippen molar-refractivity contribution in [1.29, 1.82) is 0 Å². The van der Waals surface area contributed by atoms with E-state index in [0.29, 0.717) is 0 Å². The average Bonchev–Trinajstić information content (AvgIpc) is 3.14. The maximum absolute atomic E-state index is 6.82. The zero-order chi connectivity index (χ0) is 20.5. The van der Waals surface area contributed by atoms with Gasteiger partial charge in [-0.3, -0.25) is 0 Å². The maximum Gasteiger partial charge on any atom is 0.169 e. The summed E-state index contributed by atoms with van der Waals surface area (Å²) in [6, 6.07) is 11.1. The Kier molecular flexibility index (Phi) is 8.26. The topological polar surface area (TPSA) is 18.5 Å². The standard InChI is InChI=1S/C27H44NO2/c1-2-4-6-12-18-27(19-13-7-5-3-1)29-24-26(30-27)23-28(20-14-9-15-21-28)22-25-16-10-8-11-17-25/h8,10-11,16-17,26H,1-7,9,12-15,18-24H2/q+1. The Balaban J connectivity index is 1.39. The summed E-state index contributed by atoms with van der Waals surface area (Å²) in [6.45, 7) is 5.66. The zero-order valence-corrected chi connectivity index (χ0v) is 19.2. The second-order valence-corrected chi connectivity index (χ2v) is 10.3. The SMILES string of the molecule is c1ccc(C[N+]2(CC3COC4(CCCCCCCCCCC4)O3)CCCCC2)cc1. The molecule has 1 spiro atoms. The summed E-state index contributed by atoms with van der Waals surface area (Å²) in [4.78, 5) is 0. The van der Waals surface area contributed by atoms with Gasteiger partial charge in [-0.1, -0.05) is 75.3 Å². The van der Waals surface area contributed by atoms with Crippen LogP contribution in [0.15, 0.2) is 30.3 Å². The van der Waals surface area contributed by atoms with Crippen LogP contribution in [0, 0.1) is 0 Å². The highest BCUT2D eigenvalue weighted by Crippen LogP contribution is 2.37. The van der Waals surface area contributed by atoms with Crippen molar-refractivity contribution in [2.75, 3.05) is 26.2 Å². The van der Waals surface area contributed by atoms with Crippen molar-refractivity contribution >= 4 is 0 Å². The molecule has 3 fully saturated rings. The fourth-order valence-corrected chi connectivity index (χ4v) is 6.11. The van der Waals surface area contributed by atoms with Gasteiger partial charge in [-0.2, -0.15) is 0 Å². The van der Waals surface area contributed by atoms with Crippen LogP contribution in [0.5, 0.6) is 0 Å². The van der Waals surface area contributed by atoms with E-state index in [1.54, 1.807) is 0 Å². The number of hydrogen-bond acceptors (Lipinski definition) is 2. The van der Waals surface area contributed by atoms with Gasteiger partial charge in [0.15, 0.2) is 5.79 Å². The third-order valence-corrected chi connectivity index (χ3v) is 7.75. The molecule has 2 saturated heterocycles. The highest BCUT2D eigenvalue weighted by molar-refractivity contribution is 5.13. The molecule has 0 amide bonds. The Labute approximate surface area is 184 Å². The molecule has 1 aromatic rings. The van der Waals surface area contributed by atoms with Crippen molar-refractivity contribution < 1.29 is 14.0 Å². The lowest BCUT2D eigenvalue weighted by molar-refractivity contribution is -0.947. The predicted octanol–water partition coefficient (Wildman–Crippen LogP) is 6.60. The molecule has 2 aliphatic heterocycles. The molecule has 1 aliphatic carbocycles. The molecule has 0 bridgehead atoms.